The molecule has 1 N–H and O–H groups in total. The third-order valence-corrected chi connectivity index (χ3v) is 3.68. The van der Waals surface area contributed by atoms with E-state index in [-0.39, 0.29) is 10.7 Å². The van der Waals surface area contributed by atoms with Crippen LogP contribution in [0, 0.1) is 16.0 Å². The minimum absolute atomic E-state index is 0.0201. The van der Waals surface area contributed by atoms with Crippen LogP contribution in [-0.4, -0.2) is 11.0 Å². The lowest BCUT2D eigenvalue weighted by Crippen LogP contribution is -2.22. The van der Waals surface area contributed by atoms with Crippen molar-refractivity contribution < 1.29 is 4.92 Å². The molecule has 1 aromatic carbocycles. The molecule has 5 heteroatoms. The number of benzene rings is 1. The van der Waals surface area contributed by atoms with Gasteiger partial charge in [0.2, 0.25) is 0 Å². The Hall–Kier alpha value is -1.29. The smallest absolute Gasteiger partial charge is 0.310 e. The number of nitro groups is 1. The minimum Gasteiger partial charge on any atom is -0.376 e. The summed E-state index contributed by atoms with van der Waals surface area (Å²) >= 11 is 5.86. The maximum atomic E-state index is 11.0. The summed E-state index contributed by atoms with van der Waals surface area (Å²) < 4.78 is 0. The Balaban J connectivity index is 2.26. The van der Waals surface area contributed by atoms with E-state index in [4.69, 9.17) is 11.6 Å². The lowest BCUT2D eigenvalue weighted by atomic mass is 10.1. The average molecular weight is 255 g/mol. The molecule has 1 fully saturated rings. The van der Waals surface area contributed by atoms with E-state index in [0.29, 0.717) is 17.6 Å². The number of halogens is 1. The second-order valence-corrected chi connectivity index (χ2v) is 4.96. The van der Waals surface area contributed by atoms with E-state index in [1.807, 2.05) is 0 Å². The molecule has 0 heterocycles. The molecule has 1 aromatic rings. The molecule has 2 atom stereocenters. The highest BCUT2D eigenvalue weighted by Gasteiger charge is 2.26. The van der Waals surface area contributed by atoms with Gasteiger partial charge >= 0.3 is 5.69 Å². The molecule has 0 spiro atoms. The number of hydrogen-bond donors (Lipinski definition) is 1. The number of nitro benzene ring substituents is 1. The predicted molar refractivity (Wildman–Crippen MR) is 68.5 cm³/mol. The van der Waals surface area contributed by atoms with E-state index in [1.54, 1.807) is 18.2 Å². The first-order valence-corrected chi connectivity index (χ1v) is 6.17. The van der Waals surface area contributed by atoms with Gasteiger partial charge in [-0.1, -0.05) is 31.0 Å². The maximum Gasteiger partial charge on any atom is 0.310 e. The Labute approximate surface area is 105 Å². The highest BCUT2D eigenvalue weighted by atomic mass is 35.5. The van der Waals surface area contributed by atoms with Gasteiger partial charge in [-0.15, -0.1) is 0 Å². The van der Waals surface area contributed by atoms with Crippen molar-refractivity contribution in [3.63, 3.8) is 0 Å². The van der Waals surface area contributed by atoms with Gasteiger partial charge in [0.15, 0.2) is 0 Å². The Kier molecular flexibility index (Phi) is 3.52. The largest absolute Gasteiger partial charge is 0.376 e. The summed E-state index contributed by atoms with van der Waals surface area (Å²) in [4.78, 5) is 10.6. The van der Waals surface area contributed by atoms with E-state index >= 15 is 0 Å². The van der Waals surface area contributed by atoms with Gasteiger partial charge in [-0.05, 0) is 30.9 Å². The molecule has 17 heavy (non-hydrogen) atoms. The summed E-state index contributed by atoms with van der Waals surface area (Å²) in [6, 6.07) is 5.31. The van der Waals surface area contributed by atoms with Crippen molar-refractivity contribution in [2.75, 3.05) is 5.32 Å². The summed E-state index contributed by atoms with van der Waals surface area (Å²) in [7, 11) is 0. The van der Waals surface area contributed by atoms with Crippen molar-refractivity contribution in [2.45, 2.75) is 32.2 Å². The van der Waals surface area contributed by atoms with Crippen molar-refractivity contribution in [1.82, 2.24) is 0 Å². The maximum absolute atomic E-state index is 11.0. The molecule has 2 unspecified atom stereocenters. The van der Waals surface area contributed by atoms with Gasteiger partial charge in [-0.3, -0.25) is 10.1 Å². The van der Waals surface area contributed by atoms with Gasteiger partial charge in [0.25, 0.3) is 0 Å². The van der Waals surface area contributed by atoms with Crippen molar-refractivity contribution in [2.24, 2.45) is 5.92 Å². The van der Waals surface area contributed by atoms with Gasteiger partial charge < -0.3 is 5.32 Å². The number of nitrogens with one attached hydrogen (secondary N) is 1. The first-order chi connectivity index (χ1) is 8.09. The molecule has 0 radical (unpaired) electrons. The first kappa shape index (κ1) is 12.2. The SMILES string of the molecule is CC1CCCC1Nc1cccc(Cl)c1[N+](=O)[O-]. The van der Waals surface area contributed by atoms with Crippen molar-refractivity contribution in [3.05, 3.63) is 33.3 Å². The van der Waals surface area contributed by atoms with E-state index in [9.17, 15) is 10.1 Å². The summed E-state index contributed by atoms with van der Waals surface area (Å²) in [5, 5.41) is 14.4. The van der Waals surface area contributed by atoms with Crippen molar-refractivity contribution in [1.29, 1.82) is 0 Å². The van der Waals surface area contributed by atoms with Crippen LogP contribution in [0.3, 0.4) is 0 Å². The lowest BCUT2D eigenvalue weighted by molar-refractivity contribution is -0.383. The molecule has 1 aliphatic rings. The summed E-state index contributed by atoms with van der Waals surface area (Å²) in [5.74, 6) is 0.550. The number of rotatable bonds is 3. The van der Waals surface area contributed by atoms with Crippen molar-refractivity contribution in [3.8, 4) is 0 Å². The van der Waals surface area contributed by atoms with Crippen LogP contribution in [0.5, 0.6) is 0 Å². The Morgan fingerprint density at radius 1 is 1.47 bits per heavy atom. The minimum atomic E-state index is -0.426. The zero-order chi connectivity index (χ0) is 12.4. The summed E-state index contributed by atoms with van der Waals surface area (Å²) in [6.45, 7) is 2.17. The molecule has 1 aliphatic carbocycles. The molecule has 2 rings (SSSR count). The van der Waals surface area contributed by atoms with Crippen LogP contribution in [0.1, 0.15) is 26.2 Å². The second-order valence-electron chi connectivity index (χ2n) is 4.55. The molecule has 0 bridgehead atoms. The highest BCUT2D eigenvalue weighted by molar-refractivity contribution is 6.33. The van der Waals surface area contributed by atoms with Crippen LogP contribution in [-0.2, 0) is 0 Å². The zero-order valence-electron chi connectivity index (χ0n) is 9.65. The molecular formula is C12H15ClN2O2. The van der Waals surface area contributed by atoms with E-state index in [1.165, 1.54) is 12.8 Å². The number of nitrogens with zero attached hydrogens (tertiary/aromatic N) is 1. The number of anilines is 1. The fourth-order valence-corrected chi connectivity index (χ4v) is 2.62. The van der Waals surface area contributed by atoms with Crippen LogP contribution < -0.4 is 5.32 Å². The number of para-hydroxylation sites is 1. The number of hydrogen-bond acceptors (Lipinski definition) is 3. The van der Waals surface area contributed by atoms with Crippen molar-refractivity contribution >= 4 is 23.0 Å². The quantitative estimate of drug-likeness (QED) is 0.658. The van der Waals surface area contributed by atoms with Gasteiger partial charge in [-0.25, -0.2) is 0 Å². The van der Waals surface area contributed by atoms with E-state index in [0.717, 1.165) is 6.42 Å². The third kappa shape index (κ3) is 2.52. The summed E-state index contributed by atoms with van der Waals surface area (Å²) in [6.07, 6.45) is 3.41. The fourth-order valence-electron chi connectivity index (χ4n) is 2.38. The van der Waals surface area contributed by atoms with Gasteiger partial charge in [-0.2, -0.15) is 0 Å². The molecule has 0 saturated heterocycles. The topological polar surface area (TPSA) is 55.2 Å². The summed E-state index contributed by atoms with van der Waals surface area (Å²) in [5.41, 5.74) is 0.509. The molecule has 0 aromatic heterocycles. The van der Waals surface area contributed by atoms with Gasteiger partial charge in [0.05, 0.1) is 4.92 Å². The Morgan fingerprint density at radius 3 is 2.82 bits per heavy atom. The highest BCUT2D eigenvalue weighted by Crippen LogP contribution is 2.35. The molecule has 0 amide bonds. The Morgan fingerprint density at radius 2 is 2.24 bits per heavy atom. The lowest BCUT2D eigenvalue weighted by Gasteiger charge is -2.18. The van der Waals surface area contributed by atoms with Crippen LogP contribution in [0.2, 0.25) is 5.02 Å². The van der Waals surface area contributed by atoms with Crippen LogP contribution >= 0.6 is 11.6 Å². The normalized spacial score (nSPS) is 23.6. The van der Waals surface area contributed by atoms with Gasteiger partial charge in [0.1, 0.15) is 10.7 Å². The third-order valence-electron chi connectivity index (χ3n) is 3.37. The van der Waals surface area contributed by atoms with Crippen LogP contribution in [0.25, 0.3) is 0 Å². The monoisotopic (exact) mass is 254 g/mol. The molecule has 92 valence electrons. The van der Waals surface area contributed by atoms with E-state index in [2.05, 4.69) is 12.2 Å². The molecule has 1 saturated carbocycles. The zero-order valence-corrected chi connectivity index (χ0v) is 10.4. The Bertz CT molecular complexity index is 437. The fraction of sp³-hybridized carbons (Fsp3) is 0.500. The first-order valence-electron chi connectivity index (χ1n) is 5.79. The molecule has 0 aliphatic heterocycles. The standard InChI is InChI=1S/C12H15ClN2O2/c1-8-4-2-6-10(8)14-11-7-3-5-9(13)12(11)15(16)17/h3,5,7-8,10,14H,2,4,6H2,1H3. The second kappa shape index (κ2) is 4.92. The predicted octanol–water partition coefficient (Wildman–Crippen LogP) is 3.85. The molecular weight excluding hydrogens is 240 g/mol. The van der Waals surface area contributed by atoms with Gasteiger partial charge in [0, 0.05) is 6.04 Å². The van der Waals surface area contributed by atoms with E-state index < -0.39 is 4.92 Å². The van der Waals surface area contributed by atoms with Crippen LogP contribution in [0.15, 0.2) is 18.2 Å². The average Bonchev–Trinajstić information content (AvgIpc) is 2.64. The van der Waals surface area contributed by atoms with Crippen LogP contribution in [0.4, 0.5) is 11.4 Å². The molecule has 4 nitrogen and oxygen atoms in total.